The zero-order valence-corrected chi connectivity index (χ0v) is 17.0. The largest absolute Gasteiger partial charge is 0.455 e. The molecule has 1 aliphatic carbocycles. The van der Waals surface area contributed by atoms with Gasteiger partial charge in [0.05, 0.1) is 17.2 Å². The van der Waals surface area contributed by atoms with Gasteiger partial charge in [-0.25, -0.2) is 4.57 Å². The van der Waals surface area contributed by atoms with Crippen molar-refractivity contribution in [1.82, 2.24) is 0 Å². The van der Waals surface area contributed by atoms with Crippen LogP contribution in [-0.2, 0) is 7.05 Å². The minimum absolute atomic E-state index is 0.476. The van der Waals surface area contributed by atoms with E-state index in [2.05, 4.69) is 67.2 Å². The summed E-state index contributed by atoms with van der Waals surface area (Å²) in [5.74, 6) is 0.476. The van der Waals surface area contributed by atoms with E-state index in [4.69, 9.17) is 4.42 Å². The summed E-state index contributed by atoms with van der Waals surface area (Å²) in [7, 11) is 2.06. The number of rotatable bonds is 2. The topological polar surface area (TPSA) is 40.8 Å². The molecular weight excluding hydrogens is 356 g/mol. The monoisotopic (exact) mass is 381 g/mol. The van der Waals surface area contributed by atoms with Crippen LogP contribution in [-0.4, -0.2) is 0 Å². The Hall–Kier alpha value is -3.12. The van der Waals surface area contributed by atoms with Gasteiger partial charge in [0.1, 0.15) is 18.2 Å². The summed E-state index contributed by atoms with van der Waals surface area (Å²) in [4.78, 5) is 0. The van der Waals surface area contributed by atoms with Crippen molar-refractivity contribution in [3.63, 3.8) is 0 Å². The average Bonchev–Trinajstić information content (AvgIpc) is 3.11. The maximum absolute atomic E-state index is 9.85. The molecule has 0 spiro atoms. The molecule has 0 amide bonds. The van der Waals surface area contributed by atoms with E-state index in [9.17, 15) is 5.26 Å². The highest BCUT2D eigenvalue weighted by molar-refractivity contribution is 6.10. The first-order chi connectivity index (χ1) is 14.2. The number of benzene rings is 2. The van der Waals surface area contributed by atoms with Crippen LogP contribution >= 0.6 is 0 Å². The minimum atomic E-state index is 0.476. The highest BCUT2D eigenvalue weighted by Gasteiger charge is 2.23. The third-order valence-corrected chi connectivity index (χ3v) is 6.50. The van der Waals surface area contributed by atoms with Gasteiger partial charge in [-0.2, -0.15) is 5.26 Å². The lowest BCUT2D eigenvalue weighted by atomic mass is 9.82. The number of nitrogens with zero attached hydrogens (tertiary/aromatic N) is 2. The van der Waals surface area contributed by atoms with E-state index < -0.39 is 0 Å². The van der Waals surface area contributed by atoms with Crippen molar-refractivity contribution in [3.05, 3.63) is 65.4 Å². The van der Waals surface area contributed by atoms with Gasteiger partial charge in [0, 0.05) is 22.9 Å². The predicted octanol–water partition coefficient (Wildman–Crippen LogP) is 6.31. The molecule has 1 saturated carbocycles. The van der Waals surface area contributed by atoms with Crippen molar-refractivity contribution in [2.75, 3.05) is 0 Å². The molecule has 4 aromatic rings. The van der Waals surface area contributed by atoms with Crippen LogP contribution < -0.4 is 4.57 Å². The lowest BCUT2D eigenvalue weighted by Gasteiger charge is -2.22. The van der Waals surface area contributed by atoms with Crippen LogP contribution in [0.2, 0.25) is 0 Å². The van der Waals surface area contributed by atoms with Crippen LogP contribution in [0.3, 0.4) is 0 Å². The zero-order valence-electron chi connectivity index (χ0n) is 17.0. The maximum Gasteiger partial charge on any atom is 0.216 e. The number of hydrogen-bond acceptors (Lipinski definition) is 2. The Morgan fingerprint density at radius 3 is 2.62 bits per heavy atom. The Labute approximate surface area is 171 Å². The van der Waals surface area contributed by atoms with Gasteiger partial charge in [0.15, 0.2) is 6.20 Å². The Bertz CT molecular complexity index is 1270. The van der Waals surface area contributed by atoms with Crippen LogP contribution in [0, 0.1) is 18.3 Å². The quantitative estimate of drug-likeness (QED) is 0.382. The molecule has 0 saturated heterocycles. The third kappa shape index (κ3) is 2.91. The smallest absolute Gasteiger partial charge is 0.216 e. The lowest BCUT2D eigenvalue weighted by molar-refractivity contribution is -0.660. The summed E-state index contributed by atoms with van der Waals surface area (Å²) < 4.78 is 8.61. The summed E-state index contributed by atoms with van der Waals surface area (Å²) in [6, 6.07) is 17.2. The predicted molar refractivity (Wildman–Crippen MR) is 116 cm³/mol. The molecule has 1 aliphatic rings. The number of hydrogen-bond donors (Lipinski definition) is 0. The van der Waals surface area contributed by atoms with Crippen molar-refractivity contribution in [1.29, 1.82) is 5.26 Å². The third-order valence-electron chi connectivity index (χ3n) is 6.50. The summed E-state index contributed by atoms with van der Waals surface area (Å²) in [6.07, 6.45) is 8.21. The number of pyridine rings is 1. The van der Waals surface area contributed by atoms with Crippen LogP contribution in [0.5, 0.6) is 0 Å². The molecular formula is C26H25N2O+. The van der Waals surface area contributed by atoms with Crippen molar-refractivity contribution in [2.45, 2.75) is 44.9 Å². The fourth-order valence-electron chi connectivity index (χ4n) is 4.95. The highest BCUT2D eigenvalue weighted by Crippen LogP contribution is 2.41. The zero-order chi connectivity index (χ0) is 20.0. The summed E-state index contributed by atoms with van der Waals surface area (Å²) in [5.41, 5.74) is 7.21. The van der Waals surface area contributed by atoms with E-state index in [1.807, 2.05) is 6.07 Å². The fourth-order valence-corrected chi connectivity index (χ4v) is 4.95. The van der Waals surface area contributed by atoms with Crippen molar-refractivity contribution < 1.29 is 8.98 Å². The second-order valence-corrected chi connectivity index (χ2v) is 8.32. The van der Waals surface area contributed by atoms with Gasteiger partial charge < -0.3 is 4.42 Å². The second kappa shape index (κ2) is 7.04. The Morgan fingerprint density at radius 1 is 1.03 bits per heavy atom. The average molecular weight is 381 g/mol. The first-order valence-corrected chi connectivity index (χ1v) is 10.5. The van der Waals surface area contributed by atoms with E-state index in [0.717, 1.165) is 38.8 Å². The van der Waals surface area contributed by atoms with E-state index in [1.54, 1.807) is 0 Å². The molecule has 0 unspecified atom stereocenters. The van der Waals surface area contributed by atoms with Crippen molar-refractivity contribution >= 4 is 21.9 Å². The maximum atomic E-state index is 9.85. The number of nitriles is 1. The van der Waals surface area contributed by atoms with Gasteiger partial charge in [-0.05, 0) is 55.0 Å². The van der Waals surface area contributed by atoms with E-state index in [-0.39, 0.29) is 0 Å². The van der Waals surface area contributed by atoms with Crippen molar-refractivity contribution in [3.8, 4) is 17.3 Å². The number of aromatic nitrogens is 1. The Balaban J connectivity index is 1.79. The molecule has 0 aliphatic heterocycles. The van der Waals surface area contributed by atoms with Crippen LogP contribution in [0.1, 0.15) is 54.7 Å². The molecule has 29 heavy (non-hydrogen) atoms. The van der Waals surface area contributed by atoms with Crippen LogP contribution in [0.25, 0.3) is 33.2 Å². The molecule has 144 valence electrons. The normalized spacial score (nSPS) is 15.1. The molecule has 5 rings (SSSR count). The lowest BCUT2D eigenvalue weighted by Crippen LogP contribution is -2.30. The molecule has 0 N–H and O–H groups in total. The molecule has 1 fully saturated rings. The number of fused-ring (bicyclic) bond motifs is 3. The van der Waals surface area contributed by atoms with E-state index in [0.29, 0.717) is 5.92 Å². The van der Waals surface area contributed by atoms with Crippen LogP contribution in [0.15, 0.2) is 53.1 Å². The second-order valence-electron chi connectivity index (χ2n) is 8.32. The SMILES string of the molecule is Cc1ccc2c(oc3cc(C4CCCCC4)c(C#N)cc32)c1-c1cccc[n+]1C. The Morgan fingerprint density at radius 2 is 1.86 bits per heavy atom. The molecule has 3 nitrogen and oxygen atoms in total. The highest BCUT2D eigenvalue weighted by atomic mass is 16.3. The van der Waals surface area contributed by atoms with E-state index >= 15 is 0 Å². The summed E-state index contributed by atoms with van der Waals surface area (Å²) in [5, 5.41) is 12.0. The van der Waals surface area contributed by atoms with Gasteiger partial charge in [0.25, 0.3) is 0 Å². The molecule has 3 heteroatoms. The molecule has 0 radical (unpaired) electrons. The summed E-state index contributed by atoms with van der Waals surface area (Å²) in [6.45, 7) is 2.13. The van der Waals surface area contributed by atoms with Gasteiger partial charge in [-0.15, -0.1) is 0 Å². The first kappa shape index (κ1) is 17.9. The fraction of sp³-hybridized carbons (Fsp3) is 0.308. The first-order valence-electron chi connectivity index (χ1n) is 10.5. The molecule has 2 heterocycles. The van der Waals surface area contributed by atoms with Gasteiger partial charge >= 0.3 is 0 Å². The van der Waals surface area contributed by atoms with Gasteiger partial charge in [-0.1, -0.05) is 31.4 Å². The summed E-state index contributed by atoms with van der Waals surface area (Å²) >= 11 is 0. The minimum Gasteiger partial charge on any atom is -0.455 e. The molecule has 0 bridgehead atoms. The van der Waals surface area contributed by atoms with Crippen molar-refractivity contribution in [2.24, 2.45) is 7.05 Å². The molecule has 2 aromatic carbocycles. The number of aryl methyl sites for hydroxylation is 2. The van der Waals surface area contributed by atoms with Gasteiger partial charge in [-0.3, -0.25) is 0 Å². The number of furan rings is 1. The molecule has 0 atom stereocenters. The van der Waals surface area contributed by atoms with E-state index in [1.165, 1.54) is 43.2 Å². The standard InChI is InChI=1S/C26H25N2O/c1-17-11-12-20-22-14-19(16-27)21(18-8-4-3-5-9-18)15-24(22)29-26(20)25(17)23-10-6-7-13-28(23)2/h6-7,10-15,18H,3-5,8-9H2,1-2H3/q+1. The van der Waals surface area contributed by atoms with Gasteiger partial charge in [0.2, 0.25) is 5.69 Å². The van der Waals surface area contributed by atoms with Crippen LogP contribution in [0.4, 0.5) is 0 Å². The molecule has 2 aromatic heterocycles. The Kier molecular flexibility index (Phi) is 4.36.